The third-order valence-corrected chi connectivity index (χ3v) is 3.83. The molecule has 3 heteroatoms. The fourth-order valence-corrected chi connectivity index (χ4v) is 3.14. The van der Waals surface area contributed by atoms with Crippen LogP contribution in [-0.4, -0.2) is 11.1 Å². The fraction of sp³-hybridized carbons (Fsp3) is 0.667. The third-order valence-electron chi connectivity index (χ3n) is 3.83. The molecule has 15 heavy (non-hydrogen) atoms. The SMILES string of the molecule is CC(=CC1CC2CC(C#N)C1C2)C(=O)O. The van der Waals surface area contributed by atoms with Crippen molar-refractivity contribution in [1.82, 2.24) is 0 Å². The Balaban J connectivity index is 2.11. The molecule has 2 aliphatic carbocycles. The molecule has 2 bridgehead atoms. The number of allylic oxidation sites excluding steroid dienone is 1. The zero-order valence-electron chi connectivity index (χ0n) is 8.81. The molecule has 0 saturated heterocycles. The molecule has 2 saturated carbocycles. The average molecular weight is 205 g/mol. The predicted octanol–water partition coefficient (Wildman–Crippen LogP) is 2.20. The van der Waals surface area contributed by atoms with Gasteiger partial charge in [0.1, 0.15) is 0 Å². The molecule has 2 rings (SSSR count). The molecular formula is C12H15NO2. The van der Waals surface area contributed by atoms with Crippen LogP contribution >= 0.6 is 0 Å². The van der Waals surface area contributed by atoms with Crippen LogP contribution in [0.5, 0.6) is 0 Å². The Morgan fingerprint density at radius 3 is 2.73 bits per heavy atom. The lowest BCUT2D eigenvalue weighted by atomic mass is 9.80. The van der Waals surface area contributed by atoms with Crippen molar-refractivity contribution in [3.8, 4) is 6.07 Å². The van der Waals surface area contributed by atoms with Crippen LogP contribution in [-0.2, 0) is 4.79 Å². The first-order valence-electron chi connectivity index (χ1n) is 5.43. The molecule has 0 aromatic carbocycles. The minimum atomic E-state index is -0.841. The number of hydrogen-bond donors (Lipinski definition) is 1. The van der Waals surface area contributed by atoms with E-state index in [2.05, 4.69) is 6.07 Å². The van der Waals surface area contributed by atoms with Crippen molar-refractivity contribution in [1.29, 1.82) is 5.26 Å². The maximum absolute atomic E-state index is 10.7. The van der Waals surface area contributed by atoms with E-state index in [1.807, 2.05) is 6.08 Å². The summed E-state index contributed by atoms with van der Waals surface area (Å²) in [6.45, 7) is 1.63. The van der Waals surface area contributed by atoms with Gasteiger partial charge >= 0.3 is 5.97 Å². The van der Waals surface area contributed by atoms with E-state index < -0.39 is 5.97 Å². The predicted molar refractivity (Wildman–Crippen MR) is 54.8 cm³/mol. The second kappa shape index (κ2) is 3.69. The second-order valence-electron chi connectivity index (χ2n) is 4.79. The zero-order valence-corrected chi connectivity index (χ0v) is 8.81. The summed E-state index contributed by atoms with van der Waals surface area (Å²) in [6.07, 6.45) is 5.08. The zero-order chi connectivity index (χ0) is 11.0. The highest BCUT2D eigenvalue weighted by molar-refractivity contribution is 5.85. The topological polar surface area (TPSA) is 61.1 Å². The van der Waals surface area contributed by atoms with Gasteiger partial charge in [0, 0.05) is 11.5 Å². The molecule has 0 amide bonds. The number of hydrogen-bond acceptors (Lipinski definition) is 2. The molecule has 0 heterocycles. The van der Waals surface area contributed by atoms with E-state index in [4.69, 9.17) is 10.4 Å². The van der Waals surface area contributed by atoms with E-state index in [0.29, 0.717) is 23.3 Å². The lowest BCUT2D eigenvalue weighted by molar-refractivity contribution is -0.132. The van der Waals surface area contributed by atoms with Gasteiger partial charge in [0.25, 0.3) is 0 Å². The number of rotatable bonds is 2. The normalized spacial score (nSPS) is 39.1. The van der Waals surface area contributed by atoms with Gasteiger partial charge in [0.15, 0.2) is 0 Å². The van der Waals surface area contributed by atoms with Gasteiger partial charge in [-0.15, -0.1) is 0 Å². The molecule has 0 radical (unpaired) electrons. The minimum Gasteiger partial charge on any atom is -0.478 e. The summed E-state index contributed by atoms with van der Waals surface area (Å²) in [4.78, 5) is 10.7. The standard InChI is InChI=1S/C12H15NO2/c1-7(12(14)15)2-9-3-8-4-10(6-13)11(9)5-8/h2,8-11H,3-5H2,1H3,(H,14,15). The minimum absolute atomic E-state index is 0.159. The van der Waals surface area contributed by atoms with Crippen LogP contribution in [0.2, 0.25) is 0 Å². The van der Waals surface area contributed by atoms with Crippen molar-refractivity contribution >= 4 is 5.97 Å². The van der Waals surface area contributed by atoms with E-state index in [1.165, 1.54) is 0 Å². The van der Waals surface area contributed by atoms with E-state index in [0.717, 1.165) is 19.3 Å². The van der Waals surface area contributed by atoms with Gasteiger partial charge in [-0.1, -0.05) is 6.08 Å². The molecule has 0 spiro atoms. The largest absolute Gasteiger partial charge is 0.478 e. The van der Waals surface area contributed by atoms with E-state index >= 15 is 0 Å². The van der Waals surface area contributed by atoms with Crippen molar-refractivity contribution in [2.45, 2.75) is 26.2 Å². The molecule has 4 atom stereocenters. The number of nitrogens with zero attached hydrogens (tertiary/aromatic N) is 1. The maximum atomic E-state index is 10.7. The summed E-state index contributed by atoms with van der Waals surface area (Å²) in [6, 6.07) is 2.35. The Morgan fingerprint density at radius 1 is 1.47 bits per heavy atom. The van der Waals surface area contributed by atoms with Crippen molar-refractivity contribution in [2.75, 3.05) is 0 Å². The van der Waals surface area contributed by atoms with E-state index in [9.17, 15) is 4.79 Å². The number of carbonyl (C=O) groups is 1. The van der Waals surface area contributed by atoms with Gasteiger partial charge in [-0.05, 0) is 43.9 Å². The number of aliphatic carboxylic acids is 1. The summed E-state index contributed by atoms with van der Waals surface area (Å²) in [5, 5.41) is 17.8. The Hall–Kier alpha value is -1.30. The lowest BCUT2D eigenvalue weighted by Gasteiger charge is -2.22. The molecule has 2 aliphatic rings. The molecule has 80 valence electrons. The molecule has 0 aromatic heterocycles. The van der Waals surface area contributed by atoms with Gasteiger partial charge in [-0.25, -0.2) is 4.79 Å². The number of carboxylic acids is 1. The highest BCUT2D eigenvalue weighted by Crippen LogP contribution is 2.52. The highest BCUT2D eigenvalue weighted by atomic mass is 16.4. The Bertz CT molecular complexity index is 353. The lowest BCUT2D eigenvalue weighted by Crippen LogP contribution is -2.18. The summed E-state index contributed by atoms with van der Waals surface area (Å²) in [7, 11) is 0. The van der Waals surface area contributed by atoms with Crippen LogP contribution in [0, 0.1) is 35.0 Å². The van der Waals surface area contributed by atoms with Gasteiger partial charge in [-0.2, -0.15) is 5.26 Å². The average Bonchev–Trinajstić information content (AvgIpc) is 2.75. The van der Waals surface area contributed by atoms with Gasteiger partial charge in [0.05, 0.1) is 6.07 Å². The van der Waals surface area contributed by atoms with Crippen LogP contribution in [0.4, 0.5) is 0 Å². The maximum Gasteiger partial charge on any atom is 0.330 e. The first kappa shape index (κ1) is 10.2. The highest BCUT2D eigenvalue weighted by Gasteiger charge is 2.45. The summed E-state index contributed by atoms with van der Waals surface area (Å²) in [5.41, 5.74) is 0.421. The second-order valence-corrected chi connectivity index (χ2v) is 4.79. The first-order valence-corrected chi connectivity index (χ1v) is 5.43. The van der Waals surface area contributed by atoms with E-state index in [-0.39, 0.29) is 5.92 Å². The van der Waals surface area contributed by atoms with Gasteiger partial charge in [0.2, 0.25) is 0 Å². The van der Waals surface area contributed by atoms with Crippen molar-refractivity contribution in [3.05, 3.63) is 11.6 Å². The third kappa shape index (κ3) is 1.77. The number of carboxylic acid groups (broad SMARTS) is 1. The quantitative estimate of drug-likeness (QED) is 0.703. The monoisotopic (exact) mass is 205 g/mol. The Morgan fingerprint density at radius 2 is 2.20 bits per heavy atom. The van der Waals surface area contributed by atoms with Gasteiger partial charge < -0.3 is 5.11 Å². The number of fused-ring (bicyclic) bond motifs is 2. The molecule has 0 aromatic rings. The van der Waals surface area contributed by atoms with Crippen molar-refractivity contribution in [3.63, 3.8) is 0 Å². The molecule has 3 nitrogen and oxygen atoms in total. The van der Waals surface area contributed by atoms with Crippen LogP contribution < -0.4 is 0 Å². The smallest absolute Gasteiger partial charge is 0.330 e. The molecule has 4 unspecified atom stereocenters. The molecular weight excluding hydrogens is 190 g/mol. The summed E-state index contributed by atoms with van der Waals surface area (Å²) >= 11 is 0. The van der Waals surface area contributed by atoms with Crippen LogP contribution in [0.15, 0.2) is 11.6 Å². The van der Waals surface area contributed by atoms with E-state index in [1.54, 1.807) is 6.92 Å². The van der Waals surface area contributed by atoms with Crippen LogP contribution in [0.25, 0.3) is 0 Å². The van der Waals surface area contributed by atoms with Crippen LogP contribution in [0.3, 0.4) is 0 Å². The van der Waals surface area contributed by atoms with Gasteiger partial charge in [-0.3, -0.25) is 0 Å². The summed E-state index contributed by atoms with van der Waals surface area (Å²) in [5.74, 6) is 0.708. The van der Waals surface area contributed by atoms with Crippen LogP contribution in [0.1, 0.15) is 26.2 Å². The molecule has 1 N–H and O–H groups in total. The van der Waals surface area contributed by atoms with Crippen molar-refractivity contribution < 1.29 is 9.90 Å². The fourth-order valence-electron chi connectivity index (χ4n) is 3.14. The molecule has 2 fully saturated rings. The first-order chi connectivity index (χ1) is 7.11. The Kier molecular flexibility index (Phi) is 2.52. The number of nitriles is 1. The summed E-state index contributed by atoms with van der Waals surface area (Å²) < 4.78 is 0. The Labute approximate surface area is 89.4 Å². The van der Waals surface area contributed by atoms with Crippen molar-refractivity contribution in [2.24, 2.45) is 23.7 Å². The molecule has 0 aliphatic heterocycles.